The normalized spacial score (nSPS) is 10.3. The van der Waals surface area contributed by atoms with Gasteiger partial charge in [0.15, 0.2) is 0 Å². The van der Waals surface area contributed by atoms with Crippen molar-refractivity contribution in [2.75, 3.05) is 0 Å². The van der Waals surface area contributed by atoms with Gasteiger partial charge in [0.2, 0.25) is 0 Å². The van der Waals surface area contributed by atoms with Gasteiger partial charge in [-0.1, -0.05) is 23.7 Å². The zero-order chi connectivity index (χ0) is 12.3. The van der Waals surface area contributed by atoms with Crippen molar-refractivity contribution in [2.24, 2.45) is 0 Å². The molecule has 0 fully saturated rings. The Morgan fingerprint density at radius 1 is 1.29 bits per heavy atom. The Balaban J connectivity index is 2.24. The molecule has 4 heteroatoms. The maximum Gasteiger partial charge on any atom is 0.147 e. The number of benzene rings is 1. The Morgan fingerprint density at radius 2 is 2.12 bits per heavy atom. The number of pyridine rings is 1. The highest BCUT2D eigenvalue weighted by Crippen LogP contribution is 2.26. The highest BCUT2D eigenvalue weighted by molar-refractivity contribution is 6.30. The largest absolute Gasteiger partial charge is 0.455 e. The summed E-state index contributed by atoms with van der Waals surface area (Å²) in [5.74, 6) is 1.32. The maximum absolute atomic E-state index is 9.01. The van der Waals surface area contributed by atoms with Gasteiger partial charge >= 0.3 is 0 Å². The number of halogens is 1. The van der Waals surface area contributed by atoms with Gasteiger partial charge in [0.1, 0.15) is 11.5 Å². The smallest absolute Gasteiger partial charge is 0.147 e. The third kappa shape index (κ3) is 2.96. The molecule has 0 saturated heterocycles. The number of aryl methyl sites for hydroxylation is 1. The summed E-state index contributed by atoms with van der Waals surface area (Å²) in [5, 5.41) is 9.55. The van der Waals surface area contributed by atoms with Crippen LogP contribution in [0.5, 0.6) is 11.5 Å². The molecule has 88 valence electrons. The molecule has 0 aliphatic carbocycles. The Bertz CT molecular complexity index is 529. The van der Waals surface area contributed by atoms with Gasteiger partial charge in [0.25, 0.3) is 0 Å². The molecule has 2 rings (SSSR count). The lowest BCUT2D eigenvalue weighted by Crippen LogP contribution is -1.91. The fraction of sp³-hybridized carbons (Fsp3) is 0.154. The quantitative estimate of drug-likeness (QED) is 0.907. The van der Waals surface area contributed by atoms with Crippen LogP contribution in [0.25, 0.3) is 0 Å². The van der Waals surface area contributed by atoms with Gasteiger partial charge in [-0.3, -0.25) is 4.98 Å². The average Bonchev–Trinajstić information content (AvgIpc) is 2.32. The molecule has 1 N–H and O–H groups in total. The van der Waals surface area contributed by atoms with E-state index in [2.05, 4.69) is 4.98 Å². The van der Waals surface area contributed by atoms with Gasteiger partial charge in [-0.15, -0.1) is 0 Å². The third-order valence-electron chi connectivity index (χ3n) is 2.33. The Morgan fingerprint density at radius 3 is 2.76 bits per heavy atom. The molecule has 17 heavy (non-hydrogen) atoms. The molecule has 0 aliphatic heterocycles. The van der Waals surface area contributed by atoms with E-state index in [4.69, 9.17) is 21.4 Å². The molecule has 0 radical (unpaired) electrons. The first-order valence-electron chi connectivity index (χ1n) is 5.18. The van der Waals surface area contributed by atoms with Crippen molar-refractivity contribution in [3.8, 4) is 11.5 Å². The summed E-state index contributed by atoms with van der Waals surface area (Å²) >= 11 is 5.82. The standard InChI is InChI=1S/C13H12ClNO2/c1-9-4-10(8-16)2-3-13(9)17-12-5-11(14)6-15-7-12/h2-7,16H,8H2,1H3. The van der Waals surface area contributed by atoms with Gasteiger partial charge in [0, 0.05) is 12.3 Å². The van der Waals surface area contributed by atoms with Crippen molar-refractivity contribution in [2.45, 2.75) is 13.5 Å². The second kappa shape index (κ2) is 5.17. The molecule has 1 aromatic carbocycles. The molecule has 0 amide bonds. The summed E-state index contributed by atoms with van der Waals surface area (Å²) in [4.78, 5) is 3.95. The van der Waals surface area contributed by atoms with Gasteiger partial charge in [-0.2, -0.15) is 0 Å². The van der Waals surface area contributed by atoms with Gasteiger partial charge < -0.3 is 9.84 Å². The first-order valence-corrected chi connectivity index (χ1v) is 5.55. The first-order chi connectivity index (χ1) is 8.19. The molecule has 0 bridgehead atoms. The minimum Gasteiger partial charge on any atom is -0.455 e. The van der Waals surface area contributed by atoms with E-state index in [-0.39, 0.29) is 6.61 Å². The number of aliphatic hydroxyl groups excluding tert-OH is 1. The molecule has 1 heterocycles. The number of rotatable bonds is 3. The van der Waals surface area contributed by atoms with Crippen LogP contribution in [0.1, 0.15) is 11.1 Å². The number of hydrogen-bond acceptors (Lipinski definition) is 3. The van der Waals surface area contributed by atoms with Crippen molar-refractivity contribution in [1.29, 1.82) is 0 Å². The number of aliphatic hydroxyl groups is 1. The van der Waals surface area contributed by atoms with Gasteiger partial charge in [-0.25, -0.2) is 0 Å². The highest BCUT2D eigenvalue weighted by atomic mass is 35.5. The Hall–Kier alpha value is -1.58. The Labute approximate surface area is 105 Å². The summed E-state index contributed by atoms with van der Waals surface area (Å²) in [6.45, 7) is 1.95. The molecule has 3 nitrogen and oxygen atoms in total. The van der Waals surface area contributed by atoms with Crippen LogP contribution >= 0.6 is 11.6 Å². The zero-order valence-electron chi connectivity index (χ0n) is 9.35. The number of nitrogens with zero attached hydrogens (tertiary/aromatic N) is 1. The van der Waals surface area contributed by atoms with Crippen LogP contribution in [-0.2, 0) is 6.61 Å². The van der Waals surface area contributed by atoms with E-state index in [1.165, 1.54) is 0 Å². The SMILES string of the molecule is Cc1cc(CO)ccc1Oc1cncc(Cl)c1. The molecular formula is C13H12ClNO2. The molecule has 2 aromatic rings. The lowest BCUT2D eigenvalue weighted by molar-refractivity contribution is 0.281. The monoisotopic (exact) mass is 249 g/mol. The summed E-state index contributed by atoms with van der Waals surface area (Å²) in [6.07, 6.45) is 3.15. The predicted octanol–water partition coefficient (Wildman–Crippen LogP) is 3.33. The summed E-state index contributed by atoms with van der Waals surface area (Å²) in [7, 11) is 0. The van der Waals surface area contributed by atoms with Crippen LogP contribution in [0.15, 0.2) is 36.7 Å². The minimum absolute atomic E-state index is 0.0276. The van der Waals surface area contributed by atoms with E-state index in [9.17, 15) is 0 Å². The summed E-state index contributed by atoms with van der Waals surface area (Å²) in [6, 6.07) is 7.23. The van der Waals surface area contributed by atoms with E-state index in [1.54, 1.807) is 18.5 Å². The van der Waals surface area contributed by atoms with Gasteiger partial charge in [0.05, 0.1) is 17.8 Å². The van der Waals surface area contributed by atoms with Crippen LogP contribution in [-0.4, -0.2) is 10.1 Å². The fourth-order valence-corrected chi connectivity index (χ4v) is 1.66. The molecule has 0 saturated carbocycles. The van der Waals surface area contributed by atoms with E-state index >= 15 is 0 Å². The fourth-order valence-electron chi connectivity index (χ4n) is 1.50. The number of aromatic nitrogens is 1. The van der Waals surface area contributed by atoms with Gasteiger partial charge in [-0.05, 0) is 24.1 Å². The van der Waals surface area contributed by atoms with Crippen molar-refractivity contribution in [1.82, 2.24) is 4.98 Å². The topological polar surface area (TPSA) is 42.4 Å². The van der Waals surface area contributed by atoms with Crippen molar-refractivity contribution < 1.29 is 9.84 Å². The highest BCUT2D eigenvalue weighted by Gasteiger charge is 2.03. The Kier molecular flexibility index (Phi) is 3.61. The van der Waals surface area contributed by atoms with Crippen molar-refractivity contribution in [3.63, 3.8) is 0 Å². The molecule has 0 atom stereocenters. The van der Waals surface area contributed by atoms with Crippen LogP contribution in [0.3, 0.4) is 0 Å². The third-order valence-corrected chi connectivity index (χ3v) is 2.54. The maximum atomic E-state index is 9.01. The average molecular weight is 250 g/mol. The summed E-state index contributed by atoms with van der Waals surface area (Å²) < 4.78 is 5.66. The van der Waals surface area contributed by atoms with Crippen molar-refractivity contribution >= 4 is 11.6 Å². The molecule has 0 aliphatic rings. The van der Waals surface area contributed by atoms with E-state index in [0.29, 0.717) is 10.8 Å². The molecular weight excluding hydrogens is 238 g/mol. The molecule has 1 aromatic heterocycles. The minimum atomic E-state index is 0.0276. The van der Waals surface area contributed by atoms with Crippen LogP contribution in [0, 0.1) is 6.92 Å². The summed E-state index contributed by atoms with van der Waals surface area (Å²) in [5.41, 5.74) is 1.82. The van der Waals surface area contributed by atoms with Crippen molar-refractivity contribution in [3.05, 3.63) is 52.8 Å². The molecule has 0 spiro atoms. The lowest BCUT2D eigenvalue weighted by atomic mass is 10.1. The van der Waals surface area contributed by atoms with E-state index < -0.39 is 0 Å². The predicted molar refractivity (Wildman–Crippen MR) is 66.4 cm³/mol. The number of hydrogen-bond donors (Lipinski definition) is 1. The van der Waals surface area contributed by atoms with E-state index in [0.717, 1.165) is 16.9 Å². The van der Waals surface area contributed by atoms with Crippen LogP contribution < -0.4 is 4.74 Å². The zero-order valence-corrected chi connectivity index (χ0v) is 10.1. The second-order valence-electron chi connectivity index (χ2n) is 3.70. The lowest BCUT2D eigenvalue weighted by Gasteiger charge is -2.09. The number of ether oxygens (including phenoxy) is 1. The van der Waals surface area contributed by atoms with E-state index in [1.807, 2.05) is 25.1 Å². The molecule has 0 unspecified atom stereocenters. The second-order valence-corrected chi connectivity index (χ2v) is 4.14. The first kappa shape index (κ1) is 11.9. The van der Waals surface area contributed by atoms with Crippen LogP contribution in [0.2, 0.25) is 5.02 Å². The van der Waals surface area contributed by atoms with Crippen LogP contribution in [0.4, 0.5) is 0 Å².